The Morgan fingerprint density at radius 2 is 1.56 bits per heavy atom. The van der Waals surface area contributed by atoms with E-state index in [0.717, 1.165) is 12.5 Å². The summed E-state index contributed by atoms with van der Waals surface area (Å²) in [6, 6.07) is 0.609. The van der Waals surface area contributed by atoms with Crippen LogP contribution in [0.4, 0.5) is 0 Å². The average molecular weight is 256 g/mol. The van der Waals surface area contributed by atoms with Crippen LogP contribution in [0.3, 0.4) is 0 Å². The maximum Gasteiger partial charge on any atom is 0.0107 e. The first-order valence-electron chi connectivity index (χ1n) is 8.02. The van der Waals surface area contributed by atoms with Crippen molar-refractivity contribution in [2.24, 2.45) is 5.92 Å². The van der Waals surface area contributed by atoms with Crippen LogP contribution >= 0.6 is 0 Å². The number of hydrogen-bond acceptors (Lipinski definition) is 2. The second-order valence-corrected chi connectivity index (χ2v) is 6.19. The summed E-state index contributed by atoms with van der Waals surface area (Å²) in [6.45, 7) is 16.3. The van der Waals surface area contributed by atoms with E-state index >= 15 is 0 Å². The minimum atomic E-state index is 0.609. The highest BCUT2D eigenvalue weighted by atomic mass is 15.1. The van der Waals surface area contributed by atoms with Crippen LogP contribution in [-0.2, 0) is 0 Å². The fraction of sp³-hybridized carbons (Fsp3) is 1.00. The standard InChI is InChI=1S/C16H36N2/c1-6-7-8-12-18(13-9-10-15(2)3)14-11-17-16(4)5/h15-17H,6-14H2,1-5H3. The van der Waals surface area contributed by atoms with E-state index in [-0.39, 0.29) is 0 Å². The van der Waals surface area contributed by atoms with E-state index in [1.54, 1.807) is 0 Å². The summed E-state index contributed by atoms with van der Waals surface area (Å²) in [5.41, 5.74) is 0. The predicted octanol–water partition coefficient (Wildman–Crippen LogP) is 3.91. The first-order valence-corrected chi connectivity index (χ1v) is 8.02. The molecule has 0 fully saturated rings. The summed E-state index contributed by atoms with van der Waals surface area (Å²) in [5, 5.41) is 3.52. The molecule has 0 heterocycles. The second kappa shape index (κ2) is 12.0. The van der Waals surface area contributed by atoms with Crippen LogP contribution in [0, 0.1) is 5.92 Å². The van der Waals surface area contributed by atoms with Gasteiger partial charge >= 0.3 is 0 Å². The van der Waals surface area contributed by atoms with Gasteiger partial charge in [0, 0.05) is 19.1 Å². The van der Waals surface area contributed by atoms with Crippen molar-refractivity contribution < 1.29 is 0 Å². The number of nitrogens with one attached hydrogen (secondary N) is 1. The Morgan fingerprint density at radius 1 is 0.889 bits per heavy atom. The van der Waals surface area contributed by atoms with Gasteiger partial charge in [-0.25, -0.2) is 0 Å². The van der Waals surface area contributed by atoms with Gasteiger partial charge in [-0.1, -0.05) is 47.5 Å². The molecule has 2 heteroatoms. The molecule has 18 heavy (non-hydrogen) atoms. The molecule has 0 aliphatic heterocycles. The summed E-state index contributed by atoms with van der Waals surface area (Å²) < 4.78 is 0. The van der Waals surface area contributed by atoms with Gasteiger partial charge in [-0.2, -0.15) is 0 Å². The Bertz CT molecular complexity index is 152. The zero-order valence-corrected chi connectivity index (χ0v) is 13.5. The van der Waals surface area contributed by atoms with Gasteiger partial charge in [0.15, 0.2) is 0 Å². The van der Waals surface area contributed by atoms with Crippen molar-refractivity contribution in [2.75, 3.05) is 26.2 Å². The zero-order valence-electron chi connectivity index (χ0n) is 13.5. The third-order valence-electron chi connectivity index (χ3n) is 3.31. The van der Waals surface area contributed by atoms with Crippen LogP contribution in [0.1, 0.15) is 66.7 Å². The monoisotopic (exact) mass is 256 g/mol. The maximum atomic E-state index is 3.52. The van der Waals surface area contributed by atoms with Gasteiger partial charge in [0.25, 0.3) is 0 Å². The van der Waals surface area contributed by atoms with Crippen molar-refractivity contribution in [3.63, 3.8) is 0 Å². The summed E-state index contributed by atoms with van der Waals surface area (Å²) in [7, 11) is 0. The molecule has 110 valence electrons. The molecule has 0 aromatic carbocycles. The Morgan fingerprint density at radius 3 is 2.11 bits per heavy atom. The molecule has 0 amide bonds. The molecule has 0 unspecified atom stereocenters. The summed E-state index contributed by atoms with van der Waals surface area (Å²) in [4.78, 5) is 2.65. The SMILES string of the molecule is CCCCCN(CCCC(C)C)CCNC(C)C. The predicted molar refractivity (Wildman–Crippen MR) is 83.2 cm³/mol. The van der Waals surface area contributed by atoms with Crippen molar-refractivity contribution in [3.05, 3.63) is 0 Å². The van der Waals surface area contributed by atoms with Crippen LogP contribution in [-0.4, -0.2) is 37.1 Å². The number of rotatable bonds is 12. The van der Waals surface area contributed by atoms with Gasteiger partial charge in [-0.15, -0.1) is 0 Å². The van der Waals surface area contributed by atoms with E-state index in [1.807, 2.05) is 0 Å². The van der Waals surface area contributed by atoms with Crippen LogP contribution in [0.15, 0.2) is 0 Å². The lowest BCUT2D eigenvalue weighted by Crippen LogP contribution is -2.36. The normalized spacial score (nSPS) is 12.0. The van der Waals surface area contributed by atoms with Gasteiger partial charge in [0.1, 0.15) is 0 Å². The van der Waals surface area contributed by atoms with Crippen LogP contribution in [0.2, 0.25) is 0 Å². The lowest BCUT2D eigenvalue weighted by Gasteiger charge is -2.23. The zero-order chi connectivity index (χ0) is 13.8. The highest BCUT2D eigenvalue weighted by Crippen LogP contribution is 2.06. The molecule has 0 aliphatic rings. The number of nitrogens with zero attached hydrogens (tertiary/aromatic N) is 1. The summed E-state index contributed by atoms with van der Waals surface area (Å²) >= 11 is 0. The molecule has 0 aliphatic carbocycles. The highest BCUT2D eigenvalue weighted by molar-refractivity contribution is 4.63. The van der Waals surface area contributed by atoms with Gasteiger partial charge in [0.05, 0.1) is 0 Å². The molecule has 0 spiro atoms. The van der Waals surface area contributed by atoms with Crippen molar-refractivity contribution in [1.82, 2.24) is 10.2 Å². The molecular formula is C16H36N2. The quantitative estimate of drug-likeness (QED) is 0.533. The van der Waals surface area contributed by atoms with Crippen molar-refractivity contribution in [1.29, 1.82) is 0 Å². The Kier molecular flexibility index (Phi) is 11.9. The van der Waals surface area contributed by atoms with Gasteiger partial charge in [0.2, 0.25) is 0 Å². The Hall–Kier alpha value is -0.0800. The Balaban J connectivity index is 3.76. The molecule has 0 bridgehead atoms. The van der Waals surface area contributed by atoms with E-state index in [9.17, 15) is 0 Å². The van der Waals surface area contributed by atoms with Crippen molar-refractivity contribution in [3.8, 4) is 0 Å². The molecule has 0 saturated carbocycles. The lowest BCUT2D eigenvalue weighted by atomic mass is 10.1. The fourth-order valence-electron chi connectivity index (χ4n) is 2.16. The Labute approximate surface area is 116 Å². The maximum absolute atomic E-state index is 3.52. The lowest BCUT2D eigenvalue weighted by molar-refractivity contribution is 0.255. The first kappa shape index (κ1) is 17.9. The molecule has 2 nitrogen and oxygen atoms in total. The molecule has 0 rings (SSSR count). The smallest absolute Gasteiger partial charge is 0.0107 e. The number of unbranched alkanes of at least 4 members (excludes halogenated alkanes) is 2. The highest BCUT2D eigenvalue weighted by Gasteiger charge is 2.05. The van der Waals surface area contributed by atoms with E-state index < -0.39 is 0 Å². The molecule has 0 radical (unpaired) electrons. The largest absolute Gasteiger partial charge is 0.313 e. The second-order valence-electron chi connectivity index (χ2n) is 6.19. The van der Waals surface area contributed by atoms with E-state index in [2.05, 4.69) is 44.8 Å². The molecule has 0 aromatic rings. The van der Waals surface area contributed by atoms with Crippen LogP contribution < -0.4 is 5.32 Å². The molecule has 0 atom stereocenters. The van der Waals surface area contributed by atoms with E-state index in [1.165, 1.54) is 51.7 Å². The molecule has 1 N–H and O–H groups in total. The van der Waals surface area contributed by atoms with Crippen LogP contribution in [0.5, 0.6) is 0 Å². The summed E-state index contributed by atoms with van der Waals surface area (Å²) in [5.74, 6) is 0.844. The fourth-order valence-corrected chi connectivity index (χ4v) is 2.16. The minimum absolute atomic E-state index is 0.609. The molecule has 0 aromatic heterocycles. The topological polar surface area (TPSA) is 15.3 Å². The van der Waals surface area contributed by atoms with Crippen LogP contribution in [0.25, 0.3) is 0 Å². The third kappa shape index (κ3) is 12.4. The van der Waals surface area contributed by atoms with Gasteiger partial charge in [-0.3, -0.25) is 0 Å². The first-order chi connectivity index (χ1) is 8.56. The average Bonchev–Trinajstić information content (AvgIpc) is 2.27. The molecular weight excluding hydrogens is 220 g/mol. The number of hydrogen-bond donors (Lipinski definition) is 1. The van der Waals surface area contributed by atoms with E-state index in [4.69, 9.17) is 0 Å². The minimum Gasteiger partial charge on any atom is -0.313 e. The molecule has 0 saturated heterocycles. The van der Waals surface area contributed by atoms with Gasteiger partial charge < -0.3 is 10.2 Å². The van der Waals surface area contributed by atoms with E-state index in [0.29, 0.717) is 6.04 Å². The summed E-state index contributed by atoms with van der Waals surface area (Å²) in [6.07, 6.45) is 6.77. The van der Waals surface area contributed by atoms with Crippen molar-refractivity contribution >= 4 is 0 Å². The third-order valence-corrected chi connectivity index (χ3v) is 3.31. The van der Waals surface area contributed by atoms with Crippen molar-refractivity contribution in [2.45, 2.75) is 72.8 Å². The van der Waals surface area contributed by atoms with Gasteiger partial charge in [-0.05, 0) is 38.3 Å².